The Morgan fingerprint density at radius 3 is 2.67 bits per heavy atom. The maximum Gasteiger partial charge on any atom is 0.0734 e. The molecule has 1 heteroatoms. The van der Waals surface area contributed by atoms with Crippen LogP contribution in [-0.4, -0.2) is 4.98 Å². The Morgan fingerprint density at radius 2 is 1.78 bits per heavy atom. The number of fused-ring (bicyclic) bond motifs is 1. The summed E-state index contributed by atoms with van der Waals surface area (Å²) >= 11 is 0. The fraction of sp³-hybridized carbons (Fsp3) is 0.115. The number of allylic oxidation sites excluding steroid dienone is 11. The lowest BCUT2D eigenvalue weighted by molar-refractivity contribution is 0.758. The zero-order valence-electron chi connectivity index (χ0n) is 15.6. The third-order valence-electron chi connectivity index (χ3n) is 4.68. The van der Waals surface area contributed by atoms with Crippen LogP contribution in [-0.2, 0) is 0 Å². The van der Waals surface area contributed by atoms with Crippen LogP contribution in [0, 0.1) is 5.92 Å². The molecule has 0 saturated heterocycles. The van der Waals surface area contributed by atoms with Crippen molar-refractivity contribution in [1.29, 1.82) is 0 Å². The minimum absolute atomic E-state index is 0.266. The van der Waals surface area contributed by atoms with Crippen molar-refractivity contribution in [2.75, 3.05) is 0 Å². The molecule has 1 atom stereocenters. The average molecular weight is 351 g/mol. The SMILES string of the molecule is C=C1C=C(c2nccc(=C)ccccc2=C)C2CC=CC=C2C/C=C\C=C/1. The van der Waals surface area contributed by atoms with Crippen molar-refractivity contribution in [3.63, 3.8) is 0 Å². The summed E-state index contributed by atoms with van der Waals surface area (Å²) < 4.78 is 0. The minimum atomic E-state index is 0.266. The van der Waals surface area contributed by atoms with Crippen LogP contribution in [0.25, 0.3) is 18.7 Å². The molecule has 0 N–H and O–H groups in total. The topological polar surface area (TPSA) is 12.9 Å². The molecule has 0 aliphatic heterocycles. The highest BCUT2D eigenvalue weighted by Gasteiger charge is 2.21. The van der Waals surface area contributed by atoms with Gasteiger partial charge in [-0.1, -0.05) is 92.1 Å². The summed E-state index contributed by atoms with van der Waals surface area (Å²) in [5.74, 6) is 0.266. The number of aromatic nitrogens is 1. The smallest absolute Gasteiger partial charge is 0.0734 e. The van der Waals surface area contributed by atoms with Crippen molar-refractivity contribution < 1.29 is 0 Å². The average Bonchev–Trinajstić information content (AvgIpc) is 2.67. The van der Waals surface area contributed by atoms with Gasteiger partial charge in [0.1, 0.15) is 0 Å². The first kappa shape index (κ1) is 18.6. The first-order chi connectivity index (χ1) is 13.1. The van der Waals surface area contributed by atoms with E-state index in [0.717, 1.165) is 40.1 Å². The zero-order chi connectivity index (χ0) is 19.1. The summed E-state index contributed by atoms with van der Waals surface area (Å²) in [5, 5.41) is 1.80. The molecule has 0 saturated carbocycles. The van der Waals surface area contributed by atoms with Gasteiger partial charge in [-0.15, -0.1) is 0 Å². The molecule has 2 aliphatic carbocycles. The molecule has 134 valence electrons. The summed E-state index contributed by atoms with van der Waals surface area (Å²) in [7, 11) is 0. The second-order valence-electron chi connectivity index (χ2n) is 6.74. The van der Waals surface area contributed by atoms with Gasteiger partial charge >= 0.3 is 0 Å². The zero-order valence-corrected chi connectivity index (χ0v) is 15.6. The van der Waals surface area contributed by atoms with Gasteiger partial charge in [0, 0.05) is 12.1 Å². The Hall–Kier alpha value is -3.19. The molecule has 0 fully saturated rings. The normalized spacial score (nSPS) is 21.2. The summed E-state index contributed by atoms with van der Waals surface area (Å²) in [6.45, 7) is 12.5. The van der Waals surface area contributed by atoms with Crippen molar-refractivity contribution >= 4 is 18.7 Å². The van der Waals surface area contributed by atoms with Crippen molar-refractivity contribution in [1.82, 2.24) is 4.98 Å². The Labute approximate surface area is 161 Å². The second kappa shape index (κ2) is 8.95. The minimum Gasteiger partial charge on any atom is -0.256 e. The molecule has 0 aromatic carbocycles. The van der Waals surface area contributed by atoms with Crippen LogP contribution >= 0.6 is 0 Å². The highest BCUT2D eigenvalue weighted by atomic mass is 14.7. The van der Waals surface area contributed by atoms with E-state index < -0.39 is 0 Å². The Morgan fingerprint density at radius 1 is 0.926 bits per heavy atom. The lowest BCUT2D eigenvalue weighted by atomic mass is 9.80. The number of nitrogens with zero attached hydrogens (tertiary/aromatic N) is 1. The van der Waals surface area contributed by atoms with E-state index in [0.29, 0.717) is 0 Å². The van der Waals surface area contributed by atoms with E-state index in [2.05, 4.69) is 56.2 Å². The van der Waals surface area contributed by atoms with Gasteiger partial charge in [0.05, 0.1) is 5.69 Å². The number of rotatable bonds is 1. The maximum atomic E-state index is 4.78. The van der Waals surface area contributed by atoms with E-state index in [1.54, 1.807) is 0 Å². The van der Waals surface area contributed by atoms with Gasteiger partial charge in [-0.2, -0.15) is 0 Å². The number of hydrogen-bond donors (Lipinski definition) is 0. The Balaban J connectivity index is 2.25. The van der Waals surface area contributed by atoms with Crippen molar-refractivity contribution in [3.05, 3.63) is 119 Å². The molecule has 1 aromatic heterocycles. The van der Waals surface area contributed by atoms with Crippen molar-refractivity contribution in [3.8, 4) is 0 Å². The maximum absolute atomic E-state index is 4.78. The van der Waals surface area contributed by atoms with Gasteiger partial charge in [-0.05, 0) is 46.6 Å². The van der Waals surface area contributed by atoms with E-state index in [-0.39, 0.29) is 5.92 Å². The van der Waals surface area contributed by atoms with Crippen LogP contribution in [0.1, 0.15) is 18.5 Å². The van der Waals surface area contributed by atoms with E-state index >= 15 is 0 Å². The summed E-state index contributed by atoms with van der Waals surface area (Å²) in [6.07, 6.45) is 20.8. The van der Waals surface area contributed by atoms with Crippen LogP contribution in [0.3, 0.4) is 0 Å². The first-order valence-electron chi connectivity index (χ1n) is 9.22. The molecule has 1 unspecified atom stereocenters. The van der Waals surface area contributed by atoms with Crippen molar-refractivity contribution in [2.45, 2.75) is 12.8 Å². The van der Waals surface area contributed by atoms with Crippen LogP contribution in [0.2, 0.25) is 0 Å². The monoisotopic (exact) mass is 351 g/mol. The molecule has 27 heavy (non-hydrogen) atoms. The second-order valence-corrected chi connectivity index (χ2v) is 6.74. The third-order valence-corrected chi connectivity index (χ3v) is 4.68. The quantitative estimate of drug-likeness (QED) is 0.695. The van der Waals surface area contributed by atoms with Gasteiger partial charge < -0.3 is 0 Å². The molecule has 1 aromatic rings. The molecule has 0 amide bonds. The highest BCUT2D eigenvalue weighted by Crippen LogP contribution is 2.35. The van der Waals surface area contributed by atoms with Gasteiger partial charge in [0.2, 0.25) is 0 Å². The van der Waals surface area contributed by atoms with Gasteiger partial charge in [-0.3, -0.25) is 4.98 Å². The van der Waals surface area contributed by atoms with Crippen LogP contribution in [0.5, 0.6) is 0 Å². The predicted octanol–water partition coefficient (Wildman–Crippen LogP) is 4.98. The molecular weight excluding hydrogens is 326 g/mol. The van der Waals surface area contributed by atoms with Crippen LogP contribution in [0.4, 0.5) is 0 Å². The van der Waals surface area contributed by atoms with Crippen molar-refractivity contribution in [2.24, 2.45) is 5.92 Å². The third kappa shape index (κ3) is 4.92. The first-order valence-corrected chi connectivity index (χ1v) is 9.22. The predicted molar refractivity (Wildman–Crippen MR) is 118 cm³/mol. The Bertz CT molecular complexity index is 1030. The van der Waals surface area contributed by atoms with E-state index in [4.69, 9.17) is 4.98 Å². The van der Waals surface area contributed by atoms with Gasteiger partial charge in [0.15, 0.2) is 0 Å². The largest absolute Gasteiger partial charge is 0.256 e. The van der Waals surface area contributed by atoms with Gasteiger partial charge in [-0.25, -0.2) is 0 Å². The number of hydrogen-bond acceptors (Lipinski definition) is 1. The fourth-order valence-corrected chi connectivity index (χ4v) is 3.29. The summed E-state index contributed by atoms with van der Waals surface area (Å²) in [6, 6.07) is 9.83. The molecule has 0 bridgehead atoms. The van der Waals surface area contributed by atoms with E-state index in [1.807, 2.05) is 48.7 Å². The lowest BCUT2D eigenvalue weighted by Gasteiger charge is -2.24. The van der Waals surface area contributed by atoms with Crippen LogP contribution in [0.15, 0.2) is 103 Å². The summed E-state index contributed by atoms with van der Waals surface area (Å²) in [4.78, 5) is 4.78. The van der Waals surface area contributed by atoms with E-state index in [9.17, 15) is 0 Å². The molecule has 1 nitrogen and oxygen atoms in total. The summed E-state index contributed by atoms with van der Waals surface area (Å²) in [5.41, 5.74) is 4.39. The molecule has 1 heterocycles. The molecular formula is C26H25N. The lowest BCUT2D eigenvalue weighted by Crippen LogP contribution is -2.16. The highest BCUT2D eigenvalue weighted by molar-refractivity contribution is 5.72. The Kier molecular flexibility index (Phi) is 6.17. The van der Waals surface area contributed by atoms with E-state index in [1.165, 1.54) is 5.57 Å². The molecule has 2 aliphatic rings. The molecule has 0 radical (unpaired) electrons. The molecule has 3 rings (SSSR count). The van der Waals surface area contributed by atoms with Crippen LogP contribution < -0.4 is 10.4 Å². The fourth-order valence-electron chi connectivity index (χ4n) is 3.29. The standard InChI is InChI=1S/C26H25N/c1-20-11-7-8-13-22(3)26(27-18-17-20)25-19-21(2)12-5-4-6-14-23-15-9-10-16-24(23)25/h4-13,15,17-19,24H,1-3,14,16H2/b6-4-,11-7?,12-5-,13-8?,18-17?,25-19?,27-26?. The molecule has 0 spiro atoms. The van der Waals surface area contributed by atoms with Gasteiger partial charge in [0.25, 0.3) is 0 Å².